The van der Waals surface area contributed by atoms with Crippen LogP contribution >= 0.6 is 23.4 Å². The van der Waals surface area contributed by atoms with E-state index in [1.165, 1.54) is 22.3 Å². The predicted octanol–water partition coefficient (Wildman–Crippen LogP) is 8.97. The van der Waals surface area contributed by atoms with Crippen molar-refractivity contribution in [3.63, 3.8) is 0 Å². The standard InChI is InChI=1S/C32H47ClO3S/c1-5-8-17-34-23-28-22-30(35-18-9-6-2)31(36-19-10-7-3)32(37-28)26-15-16-29(33)27(21-26)20-25-13-11-24(4)12-14-25/h11-16,21,28,30-32H,5-10,17-20,22-23H2,1-4H3/t28-,30-,31+,32-/m0/s1. The lowest BCUT2D eigenvalue weighted by Crippen LogP contribution is -2.44. The molecule has 206 valence electrons. The normalized spacial score (nSPS) is 21.9. The highest BCUT2D eigenvalue weighted by Crippen LogP contribution is 2.46. The van der Waals surface area contributed by atoms with Gasteiger partial charge in [-0.25, -0.2) is 0 Å². The maximum absolute atomic E-state index is 6.71. The Balaban J connectivity index is 1.86. The van der Waals surface area contributed by atoms with Gasteiger partial charge in [0.15, 0.2) is 0 Å². The van der Waals surface area contributed by atoms with E-state index in [1.54, 1.807) is 0 Å². The van der Waals surface area contributed by atoms with Crippen LogP contribution in [0.2, 0.25) is 5.02 Å². The summed E-state index contributed by atoms with van der Waals surface area (Å²) >= 11 is 8.71. The number of halogens is 1. The fourth-order valence-corrected chi connectivity index (χ4v) is 6.49. The molecule has 3 rings (SSSR count). The topological polar surface area (TPSA) is 27.7 Å². The van der Waals surface area contributed by atoms with Gasteiger partial charge in [0.2, 0.25) is 0 Å². The Morgan fingerprint density at radius 3 is 2.24 bits per heavy atom. The first-order valence-corrected chi connectivity index (χ1v) is 15.7. The SMILES string of the molecule is CCCCOC[C@@H]1C[C@H](OCCCC)[C@@H](OCCCC)[C@H](c2ccc(Cl)c(Cc3ccc(C)cc3)c2)S1. The third-order valence-corrected chi connectivity index (χ3v) is 8.91. The smallest absolute Gasteiger partial charge is 0.0996 e. The van der Waals surface area contributed by atoms with E-state index in [2.05, 4.69) is 70.2 Å². The fraction of sp³-hybridized carbons (Fsp3) is 0.625. The molecule has 1 fully saturated rings. The lowest BCUT2D eigenvalue weighted by atomic mass is 9.95. The highest BCUT2D eigenvalue weighted by molar-refractivity contribution is 8.00. The highest BCUT2D eigenvalue weighted by Gasteiger charge is 2.41. The van der Waals surface area contributed by atoms with Gasteiger partial charge in [0.25, 0.3) is 0 Å². The number of aryl methyl sites for hydroxylation is 1. The van der Waals surface area contributed by atoms with Crippen molar-refractivity contribution in [1.82, 2.24) is 0 Å². The summed E-state index contributed by atoms with van der Waals surface area (Å²) < 4.78 is 19.2. The number of thioether (sulfide) groups is 1. The first-order valence-electron chi connectivity index (χ1n) is 14.4. The van der Waals surface area contributed by atoms with Crippen LogP contribution < -0.4 is 0 Å². The minimum Gasteiger partial charge on any atom is -0.380 e. The summed E-state index contributed by atoms with van der Waals surface area (Å²) in [6.45, 7) is 11.9. The van der Waals surface area contributed by atoms with Crippen LogP contribution in [0.25, 0.3) is 0 Å². The lowest BCUT2D eigenvalue weighted by Gasteiger charge is -2.41. The minimum absolute atomic E-state index is 0.0219. The van der Waals surface area contributed by atoms with Gasteiger partial charge in [-0.05, 0) is 61.8 Å². The molecule has 1 heterocycles. The summed E-state index contributed by atoms with van der Waals surface area (Å²) in [6, 6.07) is 15.3. The Kier molecular flexibility index (Phi) is 13.9. The second kappa shape index (κ2) is 16.8. The summed E-state index contributed by atoms with van der Waals surface area (Å²) in [5.41, 5.74) is 5.00. The second-order valence-electron chi connectivity index (χ2n) is 10.3. The molecule has 3 nitrogen and oxygen atoms in total. The molecule has 0 spiro atoms. The minimum atomic E-state index is 0.0219. The summed E-state index contributed by atoms with van der Waals surface area (Å²) in [6.07, 6.45) is 8.57. The van der Waals surface area contributed by atoms with Crippen molar-refractivity contribution in [3.8, 4) is 0 Å². The van der Waals surface area contributed by atoms with Crippen LogP contribution in [0.5, 0.6) is 0 Å². The maximum atomic E-state index is 6.71. The van der Waals surface area contributed by atoms with E-state index in [-0.39, 0.29) is 17.5 Å². The second-order valence-corrected chi connectivity index (χ2v) is 12.2. The molecule has 5 heteroatoms. The molecule has 0 bridgehead atoms. The van der Waals surface area contributed by atoms with Gasteiger partial charge in [0.05, 0.1) is 24.1 Å². The number of hydrogen-bond acceptors (Lipinski definition) is 4. The first-order chi connectivity index (χ1) is 18.0. The first kappa shape index (κ1) is 30.5. The Morgan fingerprint density at radius 2 is 1.54 bits per heavy atom. The van der Waals surface area contributed by atoms with Crippen molar-refractivity contribution in [2.75, 3.05) is 26.4 Å². The van der Waals surface area contributed by atoms with Crippen molar-refractivity contribution in [1.29, 1.82) is 0 Å². The third kappa shape index (κ3) is 9.89. The van der Waals surface area contributed by atoms with E-state index < -0.39 is 0 Å². The molecular weight excluding hydrogens is 500 g/mol. The van der Waals surface area contributed by atoms with Gasteiger partial charge in [-0.15, -0.1) is 11.8 Å². The average molecular weight is 547 g/mol. The molecule has 0 N–H and O–H groups in total. The Labute approximate surface area is 235 Å². The quantitative estimate of drug-likeness (QED) is 0.196. The number of benzene rings is 2. The third-order valence-electron chi connectivity index (χ3n) is 7.00. The molecule has 0 aromatic heterocycles. The van der Waals surface area contributed by atoms with E-state index in [0.29, 0.717) is 5.25 Å². The molecule has 2 aromatic rings. The highest BCUT2D eigenvalue weighted by atomic mass is 35.5. The zero-order valence-electron chi connectivity index (χ0n) is 23.3. The van der Waals surface area contributed by atoms with E-state index in [4.69, 9.17) is 25.8 Å². The van der Waals surface area contributed by atoms with Gasteiger partial charge in [-0.2, -0.15) is 0 Å². The molecule has 0 saturated carbocycles. The van der Waals surface area contributed by atoms with Gasteiger partial charge in [0, 0.05) is 30.1 Å². The van der Waals surface area contributed by atoms with Crippen LogP contribution in [-0.4, -0.2) is 43.9 Å². The Hall–Kier alpha value is -1.04. The summed E-state index contributed by atoms with van der Waals surface area (Å²) in [4.78, 5) is 0. The summed E-state index contributed by atoms with van der Waals surface area (Å²) in [5, 5.41) is 1.39. The van der Waals surface area contributed by atoms with Crippen molar-refractivity contribution in [3.05, 3.63) is 69.7 Å². The fourth-order valence-electron chi connectivity index (χ4n) is 4.70. The van der Waals surface area contributed by atoms with Crippen molar-refractivity contribution >= 4 is 23.4 Å². The molecule has 37 heavy (non-hydrogen) atoms. The number of ether oxygens (including phenoxy) is 3. The van der Waals surface area contributed by atoms with Crippen LogP contribution in [0, 0.1) is 6.92 Å². The molecule has 1 aliphatic rings. The van der Waals surface area contributed by atoms with Crippen LogP contribution in [0.1, 0.15) is 93.2 Å². The number of hydrogen-bond donors (Lipinski definition) is 0. The zero-order valence-corrected chi connectivity index (χ0v) is 24.9. The van der Waals surface area contributed by atoms with Crippen LogP contribution in [-0.2, 0) is 20.6 Å². The van der Waals surface area contributed by atoms with Crippen molar-refractivity contribution in [2.24, 2.45) is 0 Å². The Bertz CT molecular complexity index is 903. The Morgan fingerprint density at radius 1 is 0.865 bits per heavy atom. The lowest BCUT2D eigenvalue weighted by molar-refractivity contribution is -0.0841. The molecule has 1 saturated heterocycles. The summed E-state index contributed by atoms with van der Waals surface area (Å²) in [7, 11) is 0. The molecule has 2 aromatic carbocycles. The van der Waals surface area contributed by atoms with Gasteiger partial charge < -0.3 is 14.2 Å². The molecule has 0 amide bonds. The molecule has 1 aliphatic heterocycles. The van der Waals surface area contributed by atoms with Crippen LogP contribution in [0.4, 0.5) is 0 Å². The number of rotatable bonds is 16. The van der Waals surface area contributed by atoms with Crippen molar-refractivity contribution < 1.29 is 14.2 Å². The van der Waals surface area contributed by atoms with E-state index >= 15 is 0 Å². The number of unbranched alkanes of at least 4 members (excludes halogenated alkanes) is 3. The van der Waals surface area contributed by atoms with E-state index in [0.717, 1.165) is 82.8 Å². The molecule has 0 radical (unpaired) electrons. The van der Waals surface area contributed by atoms with Crippen LogP contribution in [0.3, 0.4) is 0 Å². The molecule has 0 unspecified atom stereocenters. The van der Waals surface area contributed by atoms with Gasteiger partial charge >= 0.3 is 0 Å². The average Bonchev–Trinajstić information content (AvgIpc) is 2.90. The largest absolute Gasteiger partial charge is 0.380 e. The monoisotopic (exact) mass is 546 g/mol. The summed E-state index contributed by atoms with van der Waals surface area (Å²) in [5.74, 6) is 0. The van der Waals surface area contributed by atoms with Crippen molar-refractivity contribution in [2.45, 2.75) is 102 Å². The van der Waals surface area contributed by atoms with E-state index in [1.807, 2.05) is 11.8 Å². The van der Waals surface area contributed by atoms with Gasteiger partial charge in [0.1, 0.15) is 0 Å². The zero-order chi connectivity index (χ0) is 26.5. The molecule has 0 aliphatic carbocycles. The molecule has 4 atom stereocenters. The maximum Gasteiger partial charge on any atom is 0.0996 e. The van der Waals surface area contributed by atoms with Gasteiger partial charge in [-0.3, -0.25) is 0 Å². The van der Waals surface area contributed by atoms with E-state index in [9.17, 15) is 0 Å². The predicted molar refractivity (Wildman–Crippen MR) is 159 cm³/mol. The molecular formula is C32H47ClO3S. The van der Waals surface area contributed by atoms with Gasteiger partial charge in [-0.1, -0.05) is 93.6 Å². The van der Waals surface area contributed by atoms with Crippen LogP contribution in [0.15, 0.2) is 42.5 Å².